The molecule has 3 rings (SSSR count). The summed E-state index contributed by atoms with van der Waals surface area (Å²) in [7, 11) is 0. The Morgan fingerprint density at radius 2 is 2.10 bits per heavy atom. The molecule has 1 aromatic carbocycles. The first-order valence-electron chi connectivity index (χ1n) is 8.01. The van der Waals surface area contributed by atoms with Crippen molar-refractivity contribution < 1.29 is 0 Å². The molecule has 1 N–H and O–H groups in total. The van der Waals surface area contributed by atoms with E-state index in [1.807, 2.05) is 11.3 Å². The summed E-state index contributed by atoms with van der Waals surface area (Å²) >= 11 is 1.90. The zero-order chi connectivity index (χ0) is 14.7. The third-order valence-electron chi connectivity index (χ3n) is 4.04. The summed E-state index contributed by atoms with van der Waals surface area (Å²) in [6, 6.07) is 9.40. The van der Waals surface area contributed by atoms with Crippen LogP contribution in [0.15, 0.2) is 24.3 Å². The van der Waals surface area contributed by atoms with Gasteiger partial charge < -0.3 is 5.32 Å². The van der Waals surface area contributed by atoms with Crippen molar-refractivity contribution in [1.82, 2.24) is 10.3 Å². The molecule has 2 nitrogen and oxygen atoms in total. The van der Waals surface area contributed by atoms with Crippen molar-refractivity contribution in [2.75, 3.05) is 0 Å². The van der Waals surface area contributed by atoms with E-state index in [1.165, 1.54) is 46.0 Å². The normalized spacial score (nSPS) is 14.6. The number of nitrogens with one attached hydrogen (secondary N) is 1. The Labute approximate surface area is 131 Å². The van der Waals surface area contributed by atoms with Crippen molar-refractivity contribution in [1.29, 1.82) is 0 Å². The molecule has 0 bridgehead atoms. The fourth-order valence-corrected chi connectivity index (χ4v) is 3.67. The molecule has 3 heteroatoms. The number of aryl methyl sites for hydroxylation is 2. The minimum absolute atomic E-state index is 0.765. The summed E-state index contributed by atoms with van der Waals surface area (Å²) < 4.78 is 0. The van der Waals surface area contributed by atoms with Crippen LogP contribution in [0, 0.1) is 6.92 Å². The van der Waals surface area contributed by atoms with E-state index in [0.717, 1.165) is 25.4 Å². The van der Waals surface area contributed by atoms with Crippen LogP contribution in [-0.2, 0) is 19.4 Å². The molecular formula is C18H24N2S. The Kier molecular flexibility index (Phi) is 4.71. The number of thiazole rings is 1. The topological polar surface area (TPSA) is 24.9 Å². The fourth-order valence-electron chi connectivity index (χ4n) is 2.58. The summed E-state index contributed by atoms with van der Waals surface area (Å²) in [6.07, 6.45) is 5.93. The van der Waals surface area contributed by atoms with E-state index in [0.29, 0.717) is 0 Å². The number of benzene rings is 1. The molecule has 1 fully saturated rings. The summed E-state index contributed by atoms with van der Waals surface area (Å²) in [5.74, 6) is 0. The Morgan fingerprint density at radius 3 is 2.81 bits per heavy atom. The Morgan fingerprint density at radius 1 is 1.29 bits per heavy atom. The average molecular weight is 300 g/mol. The molecule has 0 radical (unpaired) electrons. The van der Waals surface area contributed by atoms with E-state index in [4.69, 9.17) is 4.98 Å². The molecule has 1 aliphatic rings. The van der Waals surface area contributed by atoms with Crippen molar-refractivity contribution in [2.24, 2.45) is 0 Å². The highest BCUT2D eigenvalue weighted by Gasteiger charge is 2.21. The lowest BCUT2D eigenvalue weighted by molar-refractivity contribution is 0.686. The van der Waals surface area contributed by atoms with Crippen molar-refractivity contribution in [3.05, 3.63) is 51.0 Å². The van der Waals surface area contributed by atoms with Gasteiger partial charge in [-0.1, -0.05) is 37.6 Å². The van der Waals surface area contributed by atoms with Crippen LogP contribution in [0.25, 0.3) is 0 Å². The zero-order valence-electron chi connectivity index (χ0n) is 13.0. The standard InChI is InChI=1S/C18H24N2S/c1-3-6-16-17(12-19-15-9-10-15)21-18(20-16)11-14-8-5-4-7-13(14)2/h4-5,7-8,15,19H,3,6,9-12H2,1-2H3. The molecule has 0 amide bonds. The van der Waals surface area contributed by atoms with Crippen molar-refractivity contribution >= 4 is 11.3 Å². The average Bonchev–Trinajstić information content (AvgIpc) is 3.23. The second kappa shape index (κ2) is 6.71. The Hall–Kier alpha value is -1.19. The zero-order valence-corrected chi connectivity index (χ0v) is 13.8. The van der Waals surface area contributed by atoms with Gasteiger partial charge in [0.25, 0.3) is 0 Å². The molecule has 0 aliphatic heterocycles. The summed E-state index contributed by atoms with van der Waals surface area (Å²) in [6.45, 7) is 5.43. The number of nitrogens with zero attached hydrogens (tertiary/aromatic N) is 1. The van der Waals surface area contributed by atoms with Crippen molar-refractivity contribution in [3.63, 3.8) is 0 Å². The Bertz CT molecular complexity index is 599. The van der Waals surface area contributed by atoms with Gasteiger partial charge in [0.05, 0.1) is 10.7 Å². The van der Waals surface area contributed by atoms with E-state index in [2.05, 4.69) is 43.4 Å². The van der Waals surface area contributed by atoms with Gasteiger partial charge in [0.2, 0.25) is 0 Å². The fraction of sp³-hybridized carbons (Fsp3) is 0.500. The molecule has 112 valence electrons. The Balaban J connectivity index is 1.74. The monoisotopic (exact) mass is 300 g/mol. The molecule has 1 saturated carbocycles. The smallest absolute Gasteiger partial charge is 0.0975 e. The lowest BCUT2D eigenvalue weighted by atomic mass is 10.1. The SMILES string of the molecule is CCCc1nc(Cc2ccccc2C)sc1CNC1CC1. The molecule has 2 aromatic rings. The quantitative estimate of drug-likeness (QED) is 0.827. The molecule has 0 unspecified atom stereocenters. The number of hydrogen-bond donors (Lipinski definition) is 1. The van der Waals surface area contributed by atoms with Gasteiger partial charge >= 0.3 is 0 Å². The summed E-state index contributed by atoms with van der Waals surface area (Å²) in [4.78, 5) is 6.36. The van der Waals surface area contributed by atoms with Crippen LogP contribution in [0.1, 0.15) is 52.9 Å². The van der Waals surface area contributed by atoms with Gasteiger partial charge in [0, 0.05) is 23.9 Å². The highest BCUT2D eigenvalue weighted by Crippen LogP contribution is 2.25. The van der Waals surface area contributed by atoms with E-state index in [9.17, 15) is 0 Å². The second-order valence-electron chi connectivity index (χ2n) is 5.99. The minimum Gasteiger partial charge on any atom is -0.309 e. The number of hydrogen-bond acceptors (Lipinski definition) is 3. The third-order valence-corrected chi connectivity index (χ3v) is 5.14. The van der Waals surface area contributed by atoms with E-state index >= 15 is 0 Å². The first kappa shape index (κ1) is 14.7. The van der Waals surface area contributed by atoms with Gasteiger partial charge in [0.15, 0.2) is 0 Å². The highest BCUT2D eigenvalue weighted by molar-refractivity contribution is 7.11. The largest absolute Gasteiger partial charge is 0.309 e. The lowest BCUT2D eigenvalue weighted by Gasteiger charge is -2.02. The molecule has 1 heterocycles. The predicted molar refractivity (Wildman–Crippen MR) is 90.0 cm³/mol. The molecule has 0 spiro atoms. The predicted octanol–water partition coefficient (Wildman–Crippen LogP) is 4.25. The lowest BCUT2D eigenvalue weighted by Crippen LogP contribution is -2.15. The molecule has 21 heavy (non-hydrogen) atoms. The maximum atomic E-state index is 4.91. The highest BCUT2D eigenvalue weighted by atomic mass is 32.1. The van der Waals surface area contributed by atoms with Crippen LogP contribution in [-0.4, -0.2) is 11.0 Å². The number of rotatable bonds is 7. The minimum atomic E-state index is 0.765. The van der Waals surface area contributed by atoms with Gasteiger partial charge in [0.1, 0.15) is 0 Å². The molecule has 1 aromatic heterocycles. The van der Waals surface area contributed by atoms with Crippen LogP contribution < -0.4 is 5.32 Å². The van der Waals surface area contributed by atoms with Crippen LogP contribution >= 0.6 is 11.3 Å². The van der Waals surface area contributed by atoms with Crippen LogP contribution in [0.3, 0.4) is 0 Å². The molecule has 0 saturated heterocycles. The van der Waals surface area contributed by atoms with Crippen LogP contribution in [0.2, 0.25) is 0 Å². The van der Waals surface area contributed by atoms with Gasteiger partial charge in [-0.25, -0.2) is 4.98 Å². The molecule has 0 atom stereocenters. The van der Waals surface area contributed by atoms with Gasteiger partial charge in [-0.15, -0.1) is 11.3 Å². The first-order chi connectivity index (χ1) is 10.3. The maximum Gasteiger partial charge on any atom is 0.0975 e. The summed E-state index contributed by atoms with van der Waals surface area (Å²) in [5.41, 5.74) is 4.08. The van der Waals surface area contributed by atoms with Crippen LogP contribution in [0.4, 0.5) is 0 Å². The van der Waals surface area contributed by atoms with Crippen molar-refractivity contribution in [3.8, 4) is 0 Å². The number of aromatic nitrogens is 1. The third kappa shape index (κ3) is 3.92. The van der Waals surface area contributed by atoms with Gasteiger partial charge in [-0.3, -0.25) is 0 Å². The van der Waals surface area contributed by atoms with Gasteiger partial charge in [-0.05, 0) is 37.3 Å². The molecular weight excluding hydrogens is 276 g/mol. The second-order valence-corrected chi connectivity index (χ2v) is 7.15. The first-order valence-corrected chi connectivity index (χ1v) is 8.83. The van der Waals surface area contributed by atoms with E-state index in [-0.39, 0.29) is 0 Å². The van der Waals surface area contributed by atoms with Crippen molar-refractivity contribution in [2.45, 2.75) is 58.5 Å². The molecule has 1 aliphatic carbocycles. The maximum absolute atomic E-state index is 4.91. The summed E-state index contributed by atoms with van der Waals surface area (Å²) in [5, 5.41) is 4.89. The van der Waals surface area contributed by atoms with Crippen LogP contribution in [0.5, 0.6) is 0 Å². The van der Waals surface area contributed by atoms with E-state index in [1.54, 1.807) is 0 Å². The van der Waals surface area contributed by atoms with Gasteiger partial charge in [-0.2, -0.15) is 0 Å². The van der Waals surface area contributed by atoms with E-state index < -0.39 is 0 Å².